The summed E-state index contributed by atoms with van der Waals surface area (Å²) in [5.74, 6) is -0.530. The number of nitrogens with two attached hydrogens (primary N) is 1. The van der Waals surface area contributed by atoms with E-state index in [1.54, 1.807) is 0 Å². The molecule has 0 unspecified atom stereocenters. The Morgan fingerprint density at radius 3 is 2.50 bits per heavy atom. The van der Waals surface area contributed by atoms with Crippen LogP contribution in [0.1, 0.15) is 5.56 Å². The van der Waals surface area contributed by atoms with Gasteiger partial charge in [0, 0.05) is 13.6 Å². The van der Waals surface area contributed by atoms with Crippen LogP contribution >= 0.6 is 0 Å². The van der Waals surface area contributed by atoms with Crippen molar-refractivity contribution in [2.45, 2.75) is 6.54 Å². The largest absolute Gasteiger partial charge is 0.368 e. The monoisotopic (exact) mass is 221 g/mol. The molecule has 0 aliphatic carbocycles. The van der Waals surface area contributed by atoms with Crippen molar-refractivity contribution in [1.82, 2.24) is 10.2 Å². The summed E-state index contributed by atoms with van der Waals surface area (Å²) in [5, 5.41) is 2.68. The fraction of sp³-hybridized carbons (Fsp3) is 0.273. The molecule has 0 aliphatic rings. The molecule has 1 aromatic rings. The van der Waals surface area contributed by atoms with Gasteiger partial charge in [0.15, 0.2) is 0 Å². The predicted octanol–water partition coefficient (Wildman–Crippen LogP) is 0.313. The molecule has 0 bridgehead atoms. The lowest BCUT2D eigenvalue weighted by atomic mass is 10.2. The quantitative estimate of drug-likeness (QED) is 0.768. The maximum Gasteiger partial charge on any atom is 0.317 e. The molecule has 0 aliphatic heterocycles. The fourth-order valence-electron chi connectivity index (χ4n) is 1.21. The SMILES string of the molecule is CN(CC(N)=O)C(=O)NCc1ccccc1. The summed E-state index contributed by atoms with van der Waals surface area (Å²) in [7, 11) is 1.52. The van der Waals surface area contributed by atoms with Crippen molar-refractivity contribution in [3.63, 3.8) is 0 Å². The van der Waals surface area contributed by atoms with E-state index in [9.17, 15) is 9.59 Å². The number of rotatable bonds is 4. The van der Waals surface area contributed by atoms with Crippen molar-refractivity contribution >= 4 is 11.9 Å². The van der Waals surface area contributed by atoms with Gasteiger partial charge in [-0.3, -0.25) is 4.79 Å². The van der Waals surface area contributed by atoms with E-state index in [-0.39, 0.29) is 12.6 Å². The van der Waals surface area contributed by atoms with Gasteiger partial charge in [0.1, 0.15) is 6.54 Å². The molecule has 1 aromatic carbocycles. The van der Waals surface area contributed by atoms with Gasteiger partial charge in [-0.2, -0.15) is 0 Å². The highest BCUT2D eigenvalue weighted by molar-refractivity contribution is 5.82. The summed E-state index contributed by atoms with van der Waals surface area (Å²) < 4.78 is 0. The molecular weight excluding hydrogens is 206 g/mol. The number of carbonyl (C=O) groups excluding carboxylic acids is 2. The van der Waals surface area contributed by atoms with E-state index in [4.69, 9.17) is 5.73 Å². The van der Waals surface area contributed by atoms with Crippen molar-refractivity contribution in [3.8, 4) is 0 Å². The van der Waals surface area contributed by atoms with Crippen LogP contribution in [0.25, 0.3) is 0 Å². The second-order valence-corrected chi connectivity index (χ2v) is 3.47. The van der Waals surface area contributed by atoms with Gasteiger partial charge in [-0.15, -0.1) is 0 Å². The summed E-state index contributed by atoms with van der Waals surface area (Å²) >= 11 is 0. The number of primary amides is 1. The topological polar surface area (TPSA) is 75.4 Å². The zero-order valence-electron chi connectivity index (χ0n) is 9.14. The fourth-order valence-corrected chi connectivity index (χ4v) is 1.21. The number of nitrogens with one attached hydrogen (secondary N) is 1. The van der Waals surface area contributed by atoms with Gasteiger partial charge in [-0.25, -0.2) is 4.79 Å². The first-order chi connectivity index (χ1) is 7.59. The summed E-state index contributed by atoms with van der Waals surface area (Å²) in [4.78, 5) is 23.3. The molecule has 86 valence electrons. The van der Waals surface area contributed by atoms with Gasteiger partial charge in [0.2, 0.25) is 5.91 Å². The van der Waals surface area contributed by atoms with E-state index in [0.717, 1.165) is 5.56 Å². The molecule has 3 N–H and O–H groups in total. The van der Waals surface area contributed by atoms with Crippen molar-refractivity contribution in [1.29, 1.82) is 0 Å². The lowest BCUT2D eigenvalue weighted by Crippen LogP contribution is -2.41. The Hall–Kier alpha value is -2.04. The number of hydrogen-bond donors (Lipinski definition) is 2. The summed E-state index contributed by atoms with van der Waals surface area (Å²) in [6.45, 7) is 0.351. The lowest BCUT2D eigenvalue weighted by molar-refractivity contribution is -0.118. The third kappa shape index (κ3) is 4.00. The standard InChI is InChI=1S/C11H15N3O2/c1-14(8-10(12)15)11(16)13-7-9-5-3-2-4-6-9/h2-6H,7-8H2,1H3,(H2,12,15)(H,13,16). The first-order valence-corrected chi connectivity index (χ1v) is 4.91. The van der Waals surface area contributed by atoms with Crippen LogP contribution in [-0.2, 0) is 11.3 Å². The third-order valence-corrected chi connectivity index (χ3v) is 2.03. The van der Waals surface area contributed by atoms with Gasteiger partial charge in [-0.1, -0.05) is 30.3 Å². The lowest BCUT2D eigenvalue weighted by Gasteiger charge is -2.15. The van der Waals surface area contributed by atoms with Crippen LogP contribution in [0.5, 0.6) is 0 Å². The van der Waals surface area contributed by atoms with Gasteiger partial charge >= 0.3 is 6.03 Å². The molecule has 16 heavy (non-hydrogen) atoms. The van der Waals surface area contributed by atoms with Crippen molar-refractivity contribution in [2.24, 2.45) is 5.73 Å². The highest BCUT2D eigenvalue weighted by Gasteiger charge is 2.09. The van der Waals surface area contributed by atoms with E-state index in [1.807, 2.05) is 30.3 Å². The number of likely N-dealkylation sites (N-methyl/N-ethyl adjacent to an activating group) is 1. The van der Waals surface area contributed by atoms with E-state index >= 15 is 0 Å². The molecule has 0 radical (unpaired) electrons. The first kappa shape index (κ1) is 12.0. The number of benzene rings is 1. The Labute approximate surface area is 94.2 Å². The van der Waals surface area contributed by atoms with Crippen LogP contribution in [0, 0.1) is 0 Å². The average Bonchev–Trinajstić information content (AvgIpc) is 2.26. The van der Waals surface area contributed by atoms with Crippen LogP contribution in [0.4, 0.5) is 4.79 Å². The summed E-state index contributed by atoms with van der Waals surface area (Å²) in [6, 6.07) is 9.21. The minimum atomic E-state index is -0.530. The molecule has 0 saturated carbocycles. The first-order valence-electron chi connectivity index (χ1n) is 4.91. The van der Waals surface area contributed by atoms with Crippen molar-refractivity contribution < 1.29 is 9.59 Å². The van der Waals surface area contributed by atoms with E-state index in [2.05, 4.69) is 5.32 Å². The molecule has 0 saturated heterocycles. The minimum absolute atomic E-state index is 0.0827. The second-order valence-electron chi connectivity index (χ2n) is 3.47. The van der Waals surface area contributed by atoms with E-state index in [0.29, 0.717) is 6.54 Å². The molecule has 0 spiro atoms. The van der Waals surface area contributed by atoms with Crippen molar-refractivity contribution in [3.05, 3.63) is 35.9 Å². The maximum atomic E-state index is 11.5. The Balaban J connectivity index is 2.38. The average molecular weight is 221 g/mol. The number of hydrogen-bond acceptors (Lipinski definition) is 2. The molecule has 1 rings (SSSR count). The molecule has 3 amide bonds. The van der Waals surface area contributed by atoms with Gasteiger partial charge < -0.3 is 16.0 Å². The number of urea groups is 1. The normalized spacial score (nSPS) is 9.56. The van der Waals surface area contributed by atoms with Crippen LogP contribution < -0.4 is 11.1 Å². The van der Waals surface area contributed by atoms with Gasteiger partial charge in [0.05, 0.1) is 0 Å². The Kier molecular flexibility index (Phi) is 4.32. The molecule has 5 nitrogen and oxygen atoms in total. The molecule has 0 atom stereocenters. The second kappa shape index (κ2) is 5.75. The summed E-state index contributed by atoms with van der Waals surface area (Å²) in [6.07, 6.45) is 0. The molecule has 0 heterocycles. The molecule has 5 heteroatoms. The molecule has 0 fully saturated rings. The van der Waals surface area contributed by atoms with Crippen LogP contribution in [-0.4, -0.2) is 30.4 Å². The third-order valence-electron chi connectivity index (χ3n) is 2.03. The van der Waals surface area contributed by atoms with Crippen LogP contribution in [0.15, 0.2) is 30.3 Å². The van der Waals surface area contributed by atoms with E-state index in [1.165, 1.54) is 11.9 Å². The summed E-state index contributed by atoms with van der Waals surface area (Å²) in [5.41, 5.74) is 5.98. The molecule has 0 aromatic heterocycles. The van der Waals surface area contributed by atoms with Gasteiger partial charge in [0.25, 0.3) is 0 Å². The van der Waals surface area contributed by atoms with Crippen molar-refractivity contribution in [2.75, 3.05) is 13.6 Å². The number of carbonyl (C=O) groups is 2. The van der Waals surface area contributed by atoms with Crippen LogP contribution in [0.3, 0.4) is 0 Å². The number of amides is 3. The van der Waals surface area contributed by atoms with E-state index < -0.39 is 5.91 Å². The highest BCUT2D eigenvalue weighted by atomic mass is 16.2. The molecular formula is C11H15N3O2. The Morgan fingerprint density at radius 2 is 1.94 bits per heavy atom. The van der Waals surface area contributed by atoms with Crippen LogP contribution in [0.2, 0.25) is 0 Å². The Bertz CT molecular complexity index is 365. The van der Waals surface area contributed by atoms with Gasteiger partial charge in [-0.05, 0) is 5.56 Å². The minimum Gasteiger partial charge on any atom is -0.368 e. The zero-order chi connectivity index (χ0) is 12.0. The highest BCUT2D eigenvalue weighted by Crippen LogP contribution is 1.97. The smallest absolute Gasteiger partial charge is 0.317 e. The Morgan fingerprint density at radius 1 is 1.31 bits per heavy atom. The predicted molar refractivity (Wildman–Crippen MR) is 60.5 cm³/mol. The zero-order valence-corrected chi connectivity index (χ0v) is 9.14. The maximum absolute atomic E-state index is 11.5. The number of nitrogens with zero attached hydrogens (tertiary/aromatic N) is 1.